The quantitative estimate of drug-likeness (QED) is 0.129. The first-order chi connectivity index (χ1) is 16.4. The lowest BCUT2D eigenvalue weighted by atomic mass is 10.1. The first-order valence-electron chi connectivity index (χ1n) is 14.8. The van der Waals surface area contributed by atoms with E-state index in [2.05, 4.69) is 49.5 Å². The van der Waals surface area contributed by atoms with Crippen molar-refractivity contribution in [2.24, 2.45) is 0 Å². The van der Waals surface area contributed by atoms with Crippen LogP contribution in [0.25, 0.3) is 0 Å². The summed E-state index contributed by atoms with van der Waals surface area (Å²) in [5.74, 6) is 0. The molecule has 189 valence electrons. The predicted octanol–water partition coefficient (Wildman–Crippen LogP) is 11.1. The Bertz CT molecular complexity index is 537. The SMILES string of the molecule is CCCCCCCCCCCC/C=C/C1=C(/C=C/CCCCCCCCCCCC)[N]C=C1. The van der Waals surface area contributed by atoms with E-state index < -0.39 is 0 Å². The summed E-state index contributed by atoms with van der Waals surface area (Å²) in [4.78, 5) is 0. The van der Waals surface area contributed by atoms with Gasteiger partial charge in [0.1, 0.15) is 0 Å². The number of unbranched alkanes of at least 4 members (excludes halogenated alkanes) is 20. The van der Waals surface area contributed by atoms with Gasteiger partial charge in [-0.3, -0.25) is 5.32 Å². The molecule has 1 heterocycles. The highest BCUT2D eigenvalue weighted by Crippen LogP contribution is 2.17. The third kappa shape index (κ3) is 18.8. The Balaban J connectivity index is 2.00. The Morgan fingerprint density at radius 2 is 0.909 bits per heavy atom. The van der Waals surface area contributed by atoms with Crippen LogP contribution in [0.2, 0.25) is 0 Å². The minimum absolute atomic E-state index is 1.14. The highest BCUT2D eigenvalue weighted by atomic mass is 14.9. The molecule has 0 aromatic carbocycles. The monoisotopic (exact) mass is 454 g/mol. The highest BCUT2D eigenvalue weighted by Gasteiger charge is 2.04. The molecule has 0 atom stereocenters. The van der Waals surface area contributed by atoms with Crippen LogP contribution in [0, 0.1) is 0 Å². The molecule has 33 heavy (non-hydrogen) atoms. The molecule has 1 aliphatic rings. The van der Waals surface area contributed by atoms with E-state index in [-0.39, 0.29) is 0 Å². The molecule has 1 heteroatoms. The number of hydrogen-bond donors (Lipinski definition) is 0. The van der Waals surface area contributed by atoms with E-state index in [1.165, 1.54) is 147 Å². The van der Waals surface area contributed by atoms with Crippen LogP contribution in [0.3, 0.4) is 0 Å². The van der Waals surface area contributed by atoms with Crippen molar-refractivity contribution in [2.75, 3.05) is 0 Å². The Kier molecular flexibility index (Phi) is 21.6. The zero-order valence-corrected chi connectivity index (χ0v) is 22.5. The van der Waals surface area contributed by atoms with Gasteiger partial charge in [-0.1, -0.05) is 148 Å². The second kappa shape index (κ2) is 23.9. The lowest BCUT2D eigenvalue weighted by Crippen LogP contribution is -1.89. The van der Waals surface area contributed by atoms with Crippen molar-refractivity contribution in [1.29, 1.82) is 0 Å². The van der Waals surface area contributed by atoms with E-state index in [1.807, 2.05) is 6.20 Å². The van der Waals surface area contributed by atoms with Crippen LogP contribution < -0.4 is 5.32 Å². The zero-order chi connectivity index (χ0) is 23.7. The molecular formula is C32H56N. The average Bonchev–Trinajstić information content (AvgIpc) is 3.27. The van der Waals surface area contributed by atoms with E-state index in [1.54, 1.807) is 0 Å². The molecule has 0 unspecified atom stereocenters. The summed E-state index contributed by atoms with van der Waals surface area (Å²) in [6, 6.07) is 0. The van der Waals surface area contributed by atoms with Crippen molar-refractivity contribution in [3.8, 4) is 0 Å². The van der Waals surface area contributed by atoms with Crippen LogP contribution in [-0.4, -0.2) is 0 Å². The van der Waals surface area contributed by atoms with Crippen molar-refractivity contribution >= 4 is 0 Å². The fraction of sp³-hybridized carbons (Fsp3) is 0.750. The van der Waals surface area contributed by atoms with Crippen molar-refractivity contribution in [1.82, 2.24) is 5.32 Å². The van der Waals surface area contributed by atoms with Gasteiger partial charge in [0.2, 0.25) is 0 Å². The second-order valence-corrected chi connectivity index (χ2v) is 10.0. The van der Waals surface area contributed by atoms with Crippen LogP contribution in [0.4, 0.5) is 0 Å². The molecule has 0 aromatic heterocycles. The van der Waals surface area contributed by atoms with Gasteiger partial charge in [-0.25, -0.2) is 0 Å². The van der Waals surface area contributed by atoms with Gasteiger partial charge in [0.15, 0.2) is 0 Å². The van der Waals surface area contributed by atoms with Gasteiger partial charge in [0.25, 0.3) is 0 Å². The summed E-state index contributed by atoms with van der Waals surface area (Å²) in [7, 11) is 0. The Morgan fingerprint density at radius 1 is 0.515 bits per heavy atom. The molecule has 0 aromatic rings. The number of allylic oxidation sites excluding steroid dienone is 6. The van der Waals surface area contributed by atoms with E-state index >= 15 is 0 Å². The van der Waals surface area contributed by atoms with Gasteiger partial charge < -0.3 is 0 Å². The predicted molar refractivity (Wildman–Crippen MR) is 150 cm³/mol. The van der Waals surface area contributed by atoms with Gasteiger partial charge in [-0.15, -0.1) is 0 Å². The Labute approximate surface area is 208 Å². The zero-order valence-electron chi connectivity index (χ0n) is 22.5. The second-order valence-electron chi connectivity index (χ2n) is 10.0. The Hall–Kier alpha value is -1.24. The van der Waals surface area contributed by atoms with Crippen LogP contribution in [-0.2, 0) is 0 Å². The molecule has 0 saturated carbocycles. The van der Waals surface area contributed by atoms with Crippen LogP contribution in [0.15, 0.2) is 47.9 Å². The average molecular weight is 455 g/mol. The molecule has 1 aliphatic heterocycles. The highest BCUT2D eigenvalue weighted by molar-refractivity contribution is 5.44. The van der Waals surface area contributed by atoms with E-state index in [4.69, 9.17) is 0 Å². The molecule has 1 radical (unpaired) electrons. The third-order valence-electron chi connectivity index (χ3n) is 6.79. The summed E-state index contributed by atoms with van der Waals surface area (Å²) in [6.07, 6.45) is 43.8. The lowest BCUT2D eigenvalue weighted by Gasteiger charge is -2.02. The van der Waals surface area contributed by atoms with E-state index in [0.29, 0.717) is 0 Å². The summed E-state index contributed by atoms with van der Waals surface area (Å²) >= 11 is 0. The molecular weight excluding hydrogens is 398 g/mol. The molecule has 1 nitrogen and oxygen atoms in total. The van der Waals surface area contributed by atoms with E-state index in [9.17, 15) is 0 Å². The van der Waals surface area contributed by atoms with Gasteiger partial charge >= 0.3 is 0 Å². The fourth-order valence-electron chi connectivity index (χ4n) is 4.54. The lowest BCUT2D eigenvalue weighted by molar-refractivity contribution is 0.557. The first-order valence-corrected chi connectivity index (χ1v) is 14.8. The normalized spacial score (nSPS) is 13.8. The molecule has 0 bridgehead atoms. The number of hydrogen-bond acceptors (Lipinski definition) is 0. The summed E-state index contributed by atoms with van der Waals surface area (Å²) in [6.45, 7) is 4.58. The maximum absolute atomic E-state index is 4.54. The standard InChI is InChI=1S/C32H56N/c1-3-5-7-9-11-13-15-17-19-21-23-25-27-31-29-30-33-32(31)28-26-24-22-20-18-16-14-12-10-8-6-4-2/h25-30H,3-24H2,1-2H3/b27-25+,28-26+. The topological polar surface area (TPSA) is 14.1 Å². The maximum atomic E-state index is 4.54. The molecule has 0 saturated heterocycles. The van der Waals surface area contributed by atoms with Crippen molar-refractivity contribution in [3.05, 3.63) is 47.9 Å². The smallest absolute Gasteiger partial charge is 0.0699 e. The number of nitrogens with zero attached hydrogens (tertiary/aromatic N) is 1. The van der Waals surface area contributed by atoms with Gasteiger partial charge in [-0.2, -0.15) is 0 Å². The summed E-state index contributed by atoms with van der Waals surface area (Å²) in [5, 5.41) is 4.54. The van der Waals surface area contributed by atoms with Crippen LogP contribution >= 0.6 is 0 Å². The molecule has 0 N–H and O–H groups in total. The van der Waals surface area contributed by atoms with Gasteiger partial charge in [0.05, 0.1) is 5.70 Å². The first kappa shape index (κ1) is 29.8. The maximum Gasteiger partial charge on any atom is 0.0699 e. The van der Waals surface area contributed by atoms with Crippen LogP contribution in [0.5, 0.6) is 0 Å². The number of rotatable bonds is 24. The summed E-state index contributed by atoms with van der Waals surface area (Å²) in [5.41, 5.74) is 2.42. The van der Waals surface area contributed by atoms with Crippen molar-refractivity contribution in [3.63, 3.8) is 0 Å². The minimum atomic E-state index is 1.14. The largest absolute Gasteiger partial charge is 0.256 e. The Morgan fingerprint density at radius 3 is 1.36 bits per heavy atom. The molecule has 1 rings (SSSR count). The molecule has 0 fully saturated rings. The molecule has 0 spiro atoms. The van der Waals surface area contributed by atoms with Crippen LogP contribution in [0.1, 0.15) is 155 Å². The van der Waals surface area contributed by atoms with E-state index in [0.717, 1.165) is 5.70 Å². The minimum Gasteiger partial charge on any atom is -0.256 e. The van der Waals surface area contributed by atoms with Crippen molar-refractivity contribution in [2.45, 2.75) is 155 Å². The molecule has 0 amide bonds. The fourth-order valence-corrected chi connectivity index (χ4v) is 4.54. The summed E-state index contributed by atoms with van der Waals surface area (Å²) < 4.78 is 0. The van der Waals surface area contributed by atoms with Gasteiger partial charge in [0, 0.05) is 11.8 Å². The van der Waals surface area contributed by atoms with Gasteiger partial charge in [-0.05, 0) is 37.8 Å². The van der Waals surface area contributed by atoms with Crippen molar-refractivity contribution < 1.29 is 0 Å². The third-order valence-corrected chi connectivity index (χ3v) is 6.79. The molecule has 0 aliphatic carbocycles.